The van der Waals surface area contributed by atoms with E-state index < -0.39 is 0 Å². The van der Waals surface area contributed by atoms with E-state index in [1.165, 1.54) is 0 Å². The summed E-state index contributed by atoms with van der Waals surface area (Å²) in [4.78, 5) is 14.4. The highest BCUT2D eigenvalue weighted by Crippen LogP contribution is 2.23. The van der Waals surface area contributed by atoms with Crippen LogP contribution in [0.5, 0.6) is 5.75 Å². The Morgan fingerprint density at radius 3 is 2.65 bits per heavy atom. The Bertz CT molecular complexity index is 838. The lowest BCUT2D eigenvalue weighted by molar-refractivity contribution is 0.0930. The second-order valence-corrected chi connectivity index (χ2v) is 6.01. The van der Waals surface area contributed by atoms with Gasteiger partial charge in [0.25, 0.3) is 5.91 Å². The fourth-order valence-electron chi connectivity index (χ4n) is 2.57. The first-order valence-electron chi connectivity index (χ1n) is 8.17. The zero-order chi connectivity index (χ0) is 18.5. The Morgan fingerprint density at radius 2 is 2.04 bits per heavy atom. The third-order valence-corrected chi connectivity index (χ3v) is 4.07. The number of hydrogen-bond acceptors (Lipinski definition) is 6. The lowest BCUT2D eigenvalue weighted by atomic mass is 10.1. The van der Waals surface area contributed by atoms with Crippen molar-refractivity contribution in [3.05, 3.63) is 60.2 Å². The van der Waals surface area contributed by atoms with Crippen LogP contribution >= 0.6 is 0 Å². The molecule has 0 radical (unpaired) electrons. The Balaban J connectivity index is 1.66. The Labute approximate surface area is 151 Å². The van der Waals surface area contributed by atoms with Crippen molar-refractivity contribution < 1.29 is 18.5 Å². The zero-order valence-electron chi connectivity index (χ0n) is 14.9. The number of aromatic nitrogens is 1. The van der Waals surface area contributed by atoms with E-state index in [9.17, 15) is 4.79 Å². The Kier molecular flexibility index (Phi) is 5.38. The maximum atomic E-state index is 12.4. The van der Waals surface area contributed by atoms with Crippen LogP contribution in [-0.4, -0.2) is 43.7 Å². The first-order valence-corrected chi connectivity index (χ1v) is 8.17. The average Bonchev–Trinajstić information content (AvgIpc) is 3.34. The summed E-state index contributed by atoms with van der Waals surface area (Å²) < 4.78 is 15.9. The van der Waals surface area contributed by atoms with Crippen molar-refractivity contribution in [3.63, 3.8) is 0 Å². The summed E-state index contributed by atoms with van der Waals surface area (Å²) in [5.41, 5.74) is 1.05. The van der Waals surface area contributed by atoms with Crippen molar-refractivity contribution in [3.8, 4) is 17.1 Å². The number of nitrogens with one attached hydrogen (secondary N) is 1. The van der Waals surface area contributed by atoms with E-state index in [-0.39, 0.29) is 17.6 Å². The van der Waals surface area contributed by atoms with Gasteiger partial charge in [-0.25, -0.2) is 0 Å². The fraction of sp³-hybridized carbons (Fsp3) is 0.263. The van der Waals surface area contributed by atoms with Crippen LogP contribution in [0, 0.1) is 0 Å². The van der Waals surface area contributed by atoms with Crippen molar-refractivity contribution in [2.75, 3.05) is 27.7 Å². The number of furan rings is 1. The van der Waals surface area contributed by atoms with Crippen molar-refractivity contribution >= 4 is 5.91 Å². The summed E-state index contributed by atoms with van der Waals surface area (Å²) in [6.07, 6.45) is 1.62. The van der Waals surface area contributed by atoms with Gasteiger partial charge in [0, 0.05) is 18.2 Å². The molecule has 0 fully saturated rings. The van der Waals surface area contributed by atoms with Crippen molar-refractivity contribution in [2.24, 2.45) is 0 Å². The van der Waals surface area contributed by atoms with Gasteiger partial charge in [0.15, 0.2) is 11.5 Å². The predicted molar refractivity (Wildman–Crippen MR) is 96.0 cm³/mol. The summed E-state index contributed by atoms with van der Waals surface area (Å²) in [5, 5.41) is 6.73. The van der Waals surface area contributed by atoms with Gasteiger partial charge in [-0.15, -0.1) is 0 Å². The van der Waals surface area contributed by atoms with Crippen LogP contribution in [0.2, 0.25) is 0 Å². The molecule has 136 valence electrons. The molecule has 1 atom stereocenters. The number of likely N-dealkylation sites (N-methyl/N-ethyl adjacent to an activating group) is 1. The summed E-state index contributed by atoms with van der Waals surface area (Å²) in [7, 11) is 5.46. The first kappa shape index (κ1) is 17.8. The van der Waals surface area contributed by atoms with Crippen LogP contribution in [0.1, 0.15) is 22.3 Å². The van der Waals surface area contributed by atoms with Gasteiger partial charge < -0.3 is 19.0 Å². The molecule has 1 amide bonds. The number of amides is 1. The maximum Gasteiger partial charge on any atom is 0.273 e. The first-order chi connectivity index (χ1) is 12.6. The minimum absolute atomic E-state index is 0.0677. The van der Waals surface area contributed by atoms with E-state index in [0.717, 1.165) is 17.1 Å². The van der Waals surface area contributed by atoms with Crippen molar-refractivity contribution in [1.82, 2.24) is 15.4 Å². The normalized spacial score (nSPS) is 12.2. The molecule has 1 aromatic carbocycles. The number of rotatable bonds is 7. The largest absolute Gasteiger partial charge is 0.497 e. The lowest BCUT2D eigenvalue weighted by Crippen LogP contribution is -2.34. The third-order valence-electron chi connectivity index (χ3n) is 4.07. The monoisotopic (exact) mass is 355 g/mol. The standard InChI is InChI=1S/C19H21N3O4/c1-22(2)16(17-5-4-10-25-17)12-20-19(23)15-11-18(26-21-15)13-6-8-14(24-3)9-7-13/h4-11,16H,12H2,1-3H3,(H,20,23)/t16-/m0/s1. The minimum Gasteiger partial charge on any atom is -0.497 e. The minimum atomic E-state index is -0.299. The van der Waals surface area contributed by atoms with E-state index in [4.69, 9.17) is 13.7 Å². The summed E-state index contributed by atoms with van der Waals surface area (Å²) in [6, 6.07) is 12.6. The molecule has 26 heavy (non-hydrogen) atoms. The number of methoxy groups -OCH3 is 1. The van der Waals surface area contributed by atoms with E-state index in [0.29, 0.717) is 12.3 Å². The van der Waals surface area contributed by atoms with Gasteiger partial charge in [0.1, 0.15) is 11.5 Å². The Hall–Kier alpha value is -3.06. The number of carbonyl (C=O) groups is 1. The topological polar surface area (TPSA) is 80.7 Å². The highest BCUT2D eigenvalue weighted by molar-refractivity contribution is 5.93. The molecule has 3 aromatic rings. The lowest BCUT2D eigenvalue weighted by Gasteiger charge is -2.22. The second kappa shape index (κ2) is 7.88. The SMILES string of the molecule is COc1ccc(-c2cc(C(=O)NC[C@@H](c3ccco3)N(C)C)no2)cc1. The molecule has 0 aliphatic rings. The number of ether oxygens (including phenoxy) is 1. The summed E-state index contributed by atoms with van der Waals surface area (Å²) in [6.45, 7) is 0.393. The molecule has 0 unspecified atom stereocenters. The molecular weight excluding hydrogens is 334 g/mol. The molecule has 3 rings (SSSR count). The van der Waals surface area contributed by atoms with Crippen LogP contribution in [0.4, 0.5) is 0 Å². The van der Waals surface area contributed by atoms with E-state index >= 15 is 0 Å². The van der Waals surface area contributed by atoms with Crippen LogP contribution in [0.15, 0.2) is 57.7 Å². The van der Waals surface area contributed by atoms with E-state index in [1.54, 1.807) is 19.4 Å². The number of nitrogens with zero attached hydrogens (tertiary/aromatic N) is 2. The quantitative estimate of drug-likeness (QED) is 0.702. The molecule has 0 aliphatic heterocycles. The smallest absolute Gasteiger partial charge is 0.273 e. The zero-order valence-corrected chi connectivity index (χ0v) is 14.9. The molecule has 2 heterocycles. The van der Waals surface area contributed by atoms with Gasteiger partial charge in [0.05, 0.1) is 19.4 Å². The Morgan fingerprint density at radius 1 is 1.27 bits per heavy atom. The number of hydrogen-bond donors (Lipinski definition) is 1. The van der Waals surface area contributed by atoms with Crippen LogP contribution in [0.25, 0.3) is 11.3 Å². The summed E-state index contributed by atoms with van der Waals surface area (Å²) >= 11 is 0. The molecule has 0 spiro atoms. The molecule has 2 aromatic heterocycles. The van der Waals surface area contributed by atoms with Crippen LogP contribution in [-0.2, 0) is 0 Å². The molecule has 7 heteroatoms. The number of carbonyl (C=O) groups excluding carboxylic acids is 1. The number of benzene rings is 1. The van der Waals surface area contributed by atoms with E-state index in [2.05, 4.69) is 10.5 Å². The van der Waals surface area contributed by atoms with Crippen molar-refractivity contribution in [2.45, 2.75) is 6.04 Å². The molecular formula is C19H21N3O4. The maximum absolute atomic E-state index is 12.4. The predicted octanol–water partition coefficient (Wildman–Crippen LogP) is 2.98. The second-order valence-electron chi connectivity index (χ2n) is 6.01. The molecule has 0 bridgehead atoms. The van der Waals surface area contributed by atoms with Crippen LogP contribution < -0.4 is 10.1 Å². The van der Waals surface area contributed by atoms with Gasteiger partial charge in [0.2, 0.25) is 0 Å². The summed E-state index contributed by atoms with van der Waals surface area (Å²) in [5.74, 6) is 1.76. The third kappa shape index (κ3) is 3.94. The van der Waals surface area contributed by atoms with E-state index in [1.807, 2.05) is 55.4 Å². The van der Waals surface area contributed by atoms with Gasteiger partial charge in [-0.3, -0.25) is 9.69 Å². The van der Waals surface area contributed by atoms with Crippen LogP contribution in [0.3, 0.4) is 0 Å². The molecule has 7 nitrogen and oxygen atoms in total. The van der Waals surface area contributed by atoms with Gasteiger partial charge in [-0.1, -0.05) is 5.16 Å². The van der Waals surface area contributed by atoms with Gasteiger partial charge in [-0.05, 0) is 50.5 Å². The average molecular weight is 355 g/mol. The van der Waals surface area contributed by atoms with Gasteiger partial charge in [-0.2, -0.15) is 0 Å². The fourth-order valence-corrected chi connectivity index (χ4v) is 2.57. The molecule has 0 saturated heterocycles. The highest BCUT2D eigenvalue weighted by Gasteiger charge is 2.20. The van der Waals surface area contributed by atoms with Gasteiger partial charge >= 0.3 is 0 Å². The molecule has 0 aliphatic carbocycles. The molecule has 0 saturated carbocycles. The highest BCUT2D eigenvalue weighted by atomic mass is 16.5. The molecule has 1 N–H and O–H groups in total. The van der Waals surface area contributed by atoms with Crippen molar-refractivity contribution in [1.29, 1.82) is 0 Å².